The Labute approximate surface area is 177 Å². The van der Waals surface area contributed by atoms with Crippen LogP contribution in [0.1, 0.15) is 22.8 Å². The lowest BCUT2D eigenvalue weighted by molar-refractivity contribution is 0.103. The molecular formula is C24H27N3O3. The van der Waals surface area contributed by atoms with E-state index in [1.165, 1.54) is 0 Å². The fourth-order valence-electron chi connectivity index (χ4n) is 3.85. The number of nitrogens with zero attached hydrogens (tertiary/aromatic N) is 3. The van der Waals surface area contributed by atoms with E-state index >= 15 is 0 Å². The summed E-state index contributed by atoms with van der Waals surface area (Å²) in [4.78, 5) is 22.7. The van der Waals surface area contributed by atoms with Crippen molar-refractivity contribution < 1.29 is 14.3 Å². The average molecular weight is 405 g/mol. The summed E-state index contributed by atoms with van der Waals surface area (Å²) in [5.74, 6) is 1.47. The second-order valence-corrected chi connectivity index (χ2v) is 7.48. The average Bonchev–Trinajstić information content (AvgIpc) is 2.79. The molecule has 0 N–H and O–H groups in total. The minimum atomic E-state index is -0.0391. The predicted octanol–water partition coefficient (Wildman–Crippen LogP) is 3.62. The van der Waals surface area contributed by atoms with Crippen molar-refractivity contribution in [1.29, 1.82) is 0 Å². The zero-order valence-electron chi connectivity index (χ0n) is 17.7. The van der Waals surface area contributed by atoms with Gasteiger partial charge in [0.05, 0.1) is 30.5 Å². The number of ether oxygens (including phenoxy) is 2. The first kappa shape index (κ1) is 20.2. The van der Waals surface area contributed by atoms with Crippen molar-refractivity contribution in [2.45, 2.75) is 6.92 Å². The van der Waals surface area contributed by atoms with Crippen LogP contribution in [0.4, 0.5) is 5.69 Å². The van der Waals surface area contributed by atoms with Gasteiger partial charge >= 0.3 is 0 Å². The summed E-state index contributed by atoms with van der Waals surface area (Å²) in [6.45, 7) is 6.17. The predicted molar refractivity (Wildman–Crippen MR) is 119 cm³/mol. The monoisotopic (exact) mass is 405 g/mol. The summed E-state index contributed by atoms with van der Waals surface area (Å²) in [6.07, 6.45) is 1.71. The van der Waals surface area contributed by atoms with E-state index in [-0.39, 0.29) is 5.78 Å². The number of piperazine rings is 1. The second kappa shape index (κ2) is 8.71. The molecule has 1 fully saturated rings. The van der Waals surface area contributed by atoms with E-state index in [1.54, 1.807) is 25.4 Å². The number of pyridine rings is 1. The van der Waals surface area contributed by atoms with Gasteiger partial charge in [-0.05, 0) is 56.4 Å². The summed E-state index contributed by atoms with van der Waals surface area (Å²) >= 11 is 0. The number of carbonyl (C=O) groups is 1. The highest BCUT2D eigenvalue weighted by Crippen LogP contribution is 2.34. The number of hydrogen-bond donors (Lipinski definition) is 0. The van der Waals surface area contributed by atoms with Crippen LogP contribution in [-0.4, -0.2) is 62.6 Å². The maximum absolute atomic E-state index is 13.5. The largest absolute Gasteiger partial charge is 0.497 e. The number of rotatable bonds is 6. The lowest BCUT2D eigenvalue weighted by Crippen LogP contribution is -2.45. The molecule has 6 heteroatoms. The molecule has 1 saturated heterocycles. The van der Waals surface area contributed by atoms with Crippen molar-refractivity contribution in [3.8, 4) is 11.5 Å². The minimum Gasteiger partial charge on any atom is -0.497 e. The summed E-state index contributed by atoms with van der Waals surface area (Å²) in [6, 6.07) is 13.1. The fourth-order valence-corrected chi connectivity index (χ4v) is 3.85. The molecule has 0 radical (unpaired) electrons. The van der Waals surface area contributed by atoms with E-state index in [2.05, 4.69) is 21.8 Å². The van der Waals surface area contributed by atoms with Crippen molar-refractivity contribution >= 4 is 22.4 Å². The molecule has 156 valence electrons. The molecule has 1 aliphatic rings. The number of fused-ring (bicyclic) bond motifs is 1. The smallest absolute Gasteiger partial charge is 0.196 e. The van der Waals surface area contributed by atoms with Gasteiger partial charge in [0, 0.05) is 43.3 Å². The number of carbonyl (C=O) groups excluding carboxylic acids is 1. The molecule has 0 atom stereocenters. The molecule has 3 aromatic rings. The molecule has 2 aromatic carbocycles. The lowest BCUT2D eigenvalue weighted by atomic mass is 9.99. The molecule has 1 aromatic heterocycles. The number of benzene rings is 2. The molecule has 0 amide bonds. The highest BCUT2D eigenvalue weighted by Gasteiger charge is 2.24. The first-order valence-corrected chi connectivity index (χ1v) is 10.3. The van der Waals surface area contributed by atoms with Crippen molar-refractivity contribution in [2.24, 2.45) is 0 Å². The number of methoxy groups -OCH3 is 1. The number of hydrogen-bond acceptors (Lipinski definition) is 6. The van der Waals surface area contributed by atoms with Crippen molar-refractivity contribution in [2.75, 3.05) is 51.8 Å². The molecule has 6 nitrogen and oxygen atoms in total. The lowest BCUT2D eigenvalue weighted by Gasteiger charge is -2.35. The van der Waals surface area contributed by atoms with Gasteiger partial charge < -0.3 is 19.3 Å². The topological polar surface area (TPSA) is 54.9 Å². The Morgan fingerprint density at radius 3 is 2.40 bits per heavy atom. The second-order valence-electron chi connectivity index (χ2n) is 7.48. The van der Waals surface area contributed by atoms with Gasteiger partial charge in [0.1, 0.15) is 11.5 Å². The van der Waals surface area contributed by atoms with Crippen LogP contribution in [0.2, 0.25) is 0 Å². The maximum Gasteiger partial charge on any atom is 0.196 e. The van der Waals surface area contributed by atoms with Gasteiger partial charge in [-0.15, -0.1) is 0 Å². The van der Waals surface area contributed by atoms with Crippen LogP contribution in [-0.2, 0) is 0 Å². The highest BCUT2D eigenvalue weighted by atomic mass is 16.5. The third-order valence-electron chi connectivity index (χ3n) is 5.54. The van der Waals surface area contributed by atoms with Crippen LogP contribution in [0.3, 0.4) is 0 Å². The maximum atomic E-state index is 13.5. The fraction of sp³-hybridized carbons (Fsp3) is 0.333. The van der Waals surface area contributed by atoms with Gasteiger partial charge in [0.15, 0.2) is 5.78 Å². The van der Waals surface area contributed by atoms with Crippen LogP contribution in [0, 0.1) is 0 Å². The Kier molecular flexibility index (Phi) is 5.86. The Balaban J connectivity index is 1.84. The highest BCUT2D eigenvalue weighted by molar-refractivity contribution is 6.16. The summed E-state index contributed by atoms with van der Waals surface area (Å²) < 4.78 is 11.0. The molecule has 0 unspecified atom stereocenters. The summed E-state index contributed by atoms with van der Waals surface area (Å²) in [5, 5.41) is 0.949. The molecule has 0 bridgehead atoms. The standard InChI is InChI=1S/C24H27N3O3/c1-4-30-19-9-10-22-20(15-19)23(27-13-11-26(2)12-14-27)21(16-25-22)24(28)17-5-7-18(29-3)8-6-17/h5-10,15-16H,4,11-14H2,1-3H3. The van der Waals surface area contributed by atoms with Gasteiger partial charge in [-0.2, -0.15) is 0 Å². The van der Waals surface area contributed by atoms with E-state index < -0.39 is 0 Å². The molecule has 30 heavy (non-hydrogen) atoms. The number of likely N-dealkylation sites (N-methyl/N-ethyl adjacent to an activating group) is 1. The number of aromatic nitrogens is 1. The van der Waals surface area contributed by atoms with E-state index in [0.717, 1.165) is 54.3 Å². The third-order valence-corrected chi connectivity index (χ3v) is 5.54. The van der Waals surface area contributed by atoms with E-state index in [4.69, 9.17) is 9.47 Å². The van der Waals surface area contributed by atoms with Crippen molar-refractivity contribution in [1.82, 2.24) is 9.88 Å². The normalized spacial score (nSPS) is 14.7. The van der Waals surface area contributed by atoms with E-state index in [9.17, 15) is 4.79 Å². The number of anilines is 1. The number of ketones is 1. The first-order chi connectivity index (χ1) is 14.6. The van der Waals surface area contributed by atoms with Gasteiger partial charge in [0.2, 0.25) is 0 Å². The van der Waals surface area contributed by atoms with E-state index in [0.29, 0.717) is 17.7 Å². The van der Waals surface area contributed by atoms with Gasteiger partial charge in [-0.1, -0.05) is 0 Å². The Morgan fingerprint density at radius 2 is 1.73 bits per heavy atom. The van der Waals surface area contributed by atoms with Crippen molar-refractivity contribution in [3.63, 3.8) is 0 Å². The Morgan fingerprint density at radius 1 is 1.03 bits per heavy atom. The van der Waals surface area contributed by atoms with Gasteiger partial charge in [-0.3, -0.25) is 9.78 Å². The zero-order chi connectivity index (χ0) is 21.1. The van der Waals surface area contributed by atoms with Crippen molar-refractivity contribution in [3.05, 3.63) is 59.8 Å². The van der Waals surface area contributed by atoms with Crippen LogP contribution in [0.15, 0.2) is 48.7 Å². The summed E-state index contributed by atoms with van der Waals surface area (Å²) in [5.41, 5.74) is 3.04. The molecule has 1 aliphatic heterocycles. The van der Waals surface area contributed by atoms with E-state index in [1.807, 2.05) is 37.3 Å². The summed E-state index contributed by atoms with van der Waals surface area (Å²) in [7, 11) is 3.74. The molecular weight excluding hydrogens is 378 g/mol. The molecule has 0 spiro atoms. The quantitative estimate of drug-likeness (QED) is 0.584. The Bertz CT molecular complexity index is 1040. The molecule has 0 aliphatic carbocycles. The zero-order valence-corrected chi connectivity index (χ0v) is 17.7. The van der Waals surface area contributed by atoms with Crippen LogP contribution in [0.25, 0.3) is 10.9 Å². The van der Waals surface area contributed by atoms with Crippen LogP contribution in [0.5, 0.6) is 11.5 Å². The van der Waals surface area contributed by atoms with Crippen LogP contribution >= 0.6 is 0 Å². The SMILES string of the molecule is CCOc1ccc2ncc(C(=O)c3ccc(OC)cc3)c(N3CCN(C)CC3)c2c1. The third kappa shape index (κ3) is 3.96. The molecule has 2 heterocycles. The minimum absolute atomic E-state index is 0.0391. The first-order valence-electron chi connectivity index (χ1n) is 10.3. The molecule has 4 rings (SSSR count). The van der Waals surface area contributed by atoms with Crippen LogP contribution < -0.4 is 14.4 Å². The molecule has 0 saturated carbocycles. The van der Waals surface area contributed by atoms with Gasteiger partial charge in [0.25, 0.3) is 0 Å². The van der Waals surface area contributed by atoms with Gasteiger partial charge in [-0.25, -0.2) is 0 Å². The Hall–Kier alpha value is -3.12.